The Hall–Kier alpha value is -5.92. The van der Waals surface area contributed by atoms with E-state index in [4.69, 9.17) is 0 Å². The third-order valence-electron chi connectivity index (χ3n) is 9.59. The van der Waals surface area contributed by atoms with Crippen LogP contribution in [0, 0.1) is 0 Å². The van der Waals surface area contributed by atoms with Gasteiger partial charge in [0, 0.05) is 16.9 Å². The van der Waals surface area contributed by atoms with Crippen LogP contribution in [0.4, 0.5) is 17.1 Å². The predicted molar refractivity (Wildman–Crippen MR) is 206 cm³/mol. The van der Waals surface area contributed by atoms with Gasteiger partial charge in [-0.15, -0.1) is 0 Å². The molecule has 48 heavy (non-hydrogen) atoms. The Balaban J connectivity index is 1.52. The van der Waals surface area contributed by atoms with Crippen molar-refractivity contribution in [3.63, 3.8) is 0 Å². The van der Waals surface area contributed by atoms with Gasteiger partial charge in [0.2, 0.25) is 0 Å². The molecule has 0 atom stereocenters. The minimum Gasteiger partial charge on any atom is -0.310 e. The first-order valence-electron chi connectivity index (χ1n) is 16.5. The Bertz CT molecular complexity index is 2130. The number of fused-ring (bicyclic) bond motifs is 3. The molecule has 0 N–H and O–H groups in total. The Kier molecular flexibility index (Phi) is 8.36. The lowest BCUT2D eigenvalue weighted by molar-refractivity contribution is 0.768. The molecule has 1 aliphatic carbocycles. The largest absolute Gasteiger partial charge is 0.310 e. The molecule has 0 amide bonds. The lowest BCUT2D eigenvalue weighted by Gasteiger charge is -2.35. The van der Waals surface area contributed by atoms with Crippen molar-refractivity contribution in [2.45, 2.75) is 19.3 Å². The number of anilines is 3. The SMILES string of the molecule is C=CC=C(C)c1ccc(N(c2ccc3c(c2)C(c2ccccc2)(c2ccccc2)c2ccccc2-3)c2ccccc2C(C)=CC=C)cc1. The normalized spacial score (nSPS) is 13.4. The quantitative estimate of drug-likeness (QED) is 0.146. The number of hydrogen-bond acceptors (Lipinski definition) is 1. The van der Waals surface area contributed by atoms with E-state index < -0.39 is 5.41 Å². The molecule has 0 saturated heterocycles. The zero-order valence-electron chi connectivity index (χ0n) is 27.6. The van der Waals surface area contributed by atoms with E-state index in [-0.39, 0.29) is 0 Å². The standard InChI is InChI=1S/C47H39N/c1-5-17-34(3)36-27-29-39(30-28-36)48(46-26-16-14-23-41(46)35(4)18-6-2)40-31-32-43-42-24-13-15-25-44(42)47(45(43)33-40,37-19-9-7-10-20-37)38-21-11-8-12-22-38/h5-33H,1-2H2,3-4H3. The van der Waals surface area contributed by atoms with Gasteiger partial charge in [-0.1, -0.05) is 159 Å². The lowest BCUT2D eigenvalue weighted by atomic mass is 9.67. The fraction of sp³-hybridized carbons (Fsp3) is 0.0638. The first-order valence-corrected chi connectivity index (χ1v) is 16.5. The summed E-state index contributed by atoms with van der Waals surface area (Å²) in [5.74, 6) is 0. The van der Waals surface area contributed by atoms with Crippen LogP contribution in [-0.2, 0) is 5.41 Å². The molecule has 6 aromatic carbocycles. The second-order valence-electron chi connectivity index (χ2n) is 12.3. The molecule has 0 radical (unpaired) electrons. The molecular weight excluding hydrogens is 579 g/mol. The van der Waals surface area contributed by atoms with Crippen molar-refractivity contribution in [1.82, 2.24) is 0 Å². The van der Waals surface area contributed by atoms with Crippen molar-refractivity contribution in [3.05, 3.63) is 223 Å². The highest BCUT2D eigenvalue weighted by Gasteiger charge is 2.46. The highest BCUT2D eigenvalue weighted by atomic mass is 15.1. The minimum atomic E-state index is -0.481. The molecule has 0 aromatic heterocycles. The molecule has 232 valence electrons. The van der Waals surface area contributed by atoms with Gasteiger partial charge >= 0.3 is 0 Å². The number of allylic oxidation sites excluding steroid dienone is 6. The smallest absolute Gasteiger partial charge is 0.0714 e. The summed E-state index contributed by atoms with van der Waals surface area (Å²) in [6, 6.07) is 55.4. The maximum Gasteiger partial charge on any atom is 0.0714 e. The summed E-state index contributed by atoms with van der Waals surface area (Å²) in [5, 5.41) is 0. The fourth-order valence-electron chi connectivity index (χ4n) is 7.41. The summed E-state index contributed by atoms with van der Waals surface area (Å²) in [4.78, 5) is 2.40. The predicted octanol–water partition coefficient (Wildman–Crippen LogP) is 12.7. The maximum absolute atomic E-state index is 3.99. The van der Waals surface area contributed by atoms with Crippen molar-refractivity contribution in [2.24, 2.45) is 0 Å². The van der Waals surface area contributed by atoms with Crippen molar-refractivity contribution >= 4 is 28.2 Å². The van der Waals surface area contributed by atoms with Gasteiger partial charge < -0.3 is 4.90 Å². The van der Waals surface area contributed by atoms with E-state index in [2.05, 4.69) is 196 Å². The van der Waals surface area contributed by atoms with Crippen LogP contribution in [0.1, 0.15) is 47.2 Å². The highest BCUT2D eigenvalue weighted by Crippen LogP contribution is 2.57. The number of rotatable bonds is 9. The second kappa shape index (κ2) is 13.1. The molecule has 0 aliphatic heterocycles. The summed E-state index contributed by atoms with van der Waals surface area (Å²) in [5.41, 5.74) is 15.1. The van der Waals surface area contributed by atoms with E-state index in [1.54, 1.807) is 0 Å². The molecule has 6 aromatic rings. The molecule has 0 unspecified atom stereocenters. The van der Waals surface area contributed by atoms with E-state index in [0.717, 1.165) is 28.2 Å². The van der Waals surface area contributed by atoms with Crippen LogP contribution in [0.3, 0.4) is 0 Å². The molecule has 7 rings (SSSR count). The minimum absolute atomic E-state index is 0.481. The summed E-state index contributed by atoms with van der Waals surface area (Å²) >= 11 is 0. The second-order valence-corrected chi connectivity index (χ2v) is 12.3. The van der Waals surface area contributed by atoms with Gasteiger partial charge in [-0.2, -0.15) is 0 Å². The Morgan fingerprint density at radius 1 is 0.521 bits per heavy atom. The molecular formula is C47H39N. The average Bonchev–Trinajstić information content (AvgIpc) is 3.44. The van der Waals surface area contributed by atoms with E-state index >= 15 is 0 Å². The third kappa shape index (κ3) is 5.14. The van der Waals surface area contributed by atoms with E-state index in [1.165, 1.54) is 44.5 Å². The van der Waals surface area contributed by atoms with Crippen LogP contribution in [0.25, 0.3) is 22.3 Å². The van der Waals surface area contributed by atoms with E-state index in [1.807, 2.05) is 12.2 Å². The molecule has 0 fully saturated rings. The Morgan fingerprint density at radius 3 is 1.73 bits per heavy atom. The molecule has 1 heteroatoms. The Labute approximate surface area is 285 Å². The lowest BCUT2D eigenvalue weighted by Crippen LogP contribution is -2.28. The van der Waals surface area contributed by atoms with Crippen molar-refractivity contribution in [1.29, 1.82) is 0 Å². The fourth-order valence-corrected chi connectivity index (χ4v) is 7.41. The van der Waals surface area contributed by atoms with Crippen molar-refractivity contribution in [2.75, 3.05) is 4.90 Å². The van der Waals surface area contributed by atoms with Crippen LogP contribution in [0.5, 0.6) is 0 Å². The zero-order valence-corrected chi connectivity index (χ0v) is 27.6. The third-order valence-corrected chi connectivity index (χ3v) is 9.59. The molecule has 0 spiro atoms. The van der Waals surface area contributed by atoms with Gasteiger partial charge in [-0.3, -0.25) is 0 Å². The molecule has 0 bridgehead atoms. The van der Waals surface area contributed by atoms with Crippen molar-refractivity contribution < 1.29 is 0 Å². The zero-order chi connectivity index (χ0) is 33.1. The van der Waals surface area contributed by atoms with E-state index in [9.17, 15) is 0 Å². The molecule has 1 aliphatic rings. The van der Waals surface area contributed by atoms with Gasteiger partial charge in [-0.25, -0.2) is 0 Å². The van der Waals surface area contributed by atoms with Gasteiger partial charge in [-0.05, 0) is 94.3 Å². The van der Waals surface area contributed by atoms with Crippen LogP contribution in [0.15, 0.2) is 189 Å². The van der Waals surface area contributed by atoms with Crippen LogP contribution >= 0.6 is 0 Å². The maximum atomic E-state index is 3.99. The topological polar surface area (TPSA) is 3.24 Å². The first kappa shape index (κ1) is 30.7. The van der Waals surface area contributed by atoms with Gasteiger partial charge in [0.1, 0.15) is 0 Å². The number of hydrogen-bond donors (Lipinski definition) is 0. The van der Waals surface area contributed by atoms with Gasteiger partial charge in [0.05, 0.1) is 11.1 Å². The van der Waals surface area contributed by atoms with E-state index in [0.29, 0.717) is 0 Å². The molecule has 0 heterocycles. The summed E-state index contributed by atoms with van der Waals surface area (Å²) in [6.45, 7) is 12.2. The van der Waals surface area contributed by atoms with Crippen molar-refractivity contribution in [3.8, 4) is 11.1 Å². The number of nitrogens with zero attached hydrogens (tertiary/aromatic N) is 1. The molecule has 1 nitrogen and oxygen atoms in total. The van der Waals surface area contributed by atoms with Gasteiger partial charge in [0.25, 0.3) is 0 Å². The molecule has 0 saturated carbocycles. The number of para-hydroxylation sites is 1. The monoisotopic (exact) mass is 617 g/mol. The summed E-state index contributed by atoms with van der Waals surface area (Å²) in [7, 11) is 0. The summed E-state index contributed by atoms with van der Waals surface area (Å²) < 4.78 is 0. The van der Waals surface area contributed by atoms with Crippen LogP contribution < -0.4 is 4.90 Å². The Morgan fingerprint density at radius 2 is 1.06 bits per heavy atom. The summed E-state index contributed by atoms with van der Waals surface area (Å²) in [6.07, 6.45) is 7.84. The average molecular weight is 618 g/mol. The van der Waals surface area contributed by atoms with Crippen LogP contribution in [0.2, 0.25) is 0 Å². The van der Waals surface area contributed by atoms with Crippen LogP contribution in [-0.4, -0.2) is 0 Å². The van der Waals surface area contributed by atoms with Gasteiger partial charge in [0.15, 0.2) is 0 Å². The highest BCUT2D eigenvalue weighted by molar-refractivity contribution is 5.91. The number of benzene rings is 6. The first-order chi connectivity index (χ1) is 23.6.